The minimum atomic E-state index is -3.73. The molecule has 0 spiro atoms. The van der Waals surface area contributed by atoms with Crippen LogP contribution in [-0.2, 0) is 10.0 Å². The molecule has 0 bridgehead atoms. The summed E-state index contributed by atoms with van der Waals surface area (Å²) in [4.78, 5) is 13.0. The molecule has 34 heavy (non-hydrogen) atoms. The lowest BCUT2D eigenvalue weighted by molar-refractivity contribution is 0.102. The molecule has 6 nitrogen and oxygen atoms in total. The van der Waals surface area contributed by atoms with Crippen LogP contribution in [0.3, 0.4) is 0 Å². The Balaban J connectivity index is 1.35. The van der Waals surface area contributed by atoms with Crippen LogP contribution in [0.15, 0.2) is 94.2 Å². The summed E-state index contributed by atoms with van der Waals surface area (Å²) >= 11 is 0. The minimum absolute atomic E-state index is 0.181. The Hall–Kier alpha value is -4.10. The van der Waals surface area contributed by atoms with Gasteiger partial charge >= 0.3 is 0 Å². The van der Waals surface area contributed by atoms with E-state index < -0.39 is 10.0 Å². The van der Waals surface area contributed by atoms with E-state index in [0.29, 0.717) is 28.1 Å². The summed E-state index contributed by atoms with van der Waals surface area (Å²) in [6, 6.07) is 24.8. The molecule has 0 saturated carbocycles. The molecule has 0 atom stereocenters. The molecule has 0 radical (unpaired) electrons. The third-order valence-electron chi connectivity index (χ3n) is 5.70. The molecule has 1 aromatic heterocycles. The molecular formula is C27H22N2O4S. The van der Waals surface area contributed by atoms with Crippen LogP contribution < -0.4 is 10.0 Å². The maximum atomic E-state index is 12.8. The van der Waals surface area contributed by atoms with Crippen molar-refractivity contribution < 1.29 is 17.6 Å². The maximum absolute atomic E-state index is 12.8. The predicted molar refractivity (Wildman–Crippen MR) is 135 cm³/mol. The van der Waals surface area contributed by atoms with Crippen LogP contribution in [0, 0.1) is 13.8 Å². The van der Waals surface area contributed by atoms with Crippen LogP contribution in [0.4, 0.5) is 11.4 Å². The van der Waals surface area contributed by atoms with Gasteiger partial charge in [-0.2, -0.15) is 0 Å². The van der Waals surface area contributed by atoms with E-state index in [2.05, 4.69) is 10.0 Å². The number of rotatable bonds is 5. The fourth-order valence-corrected chi connectivity index (χ4v) is 4.98. The zero-order chi connectivity index (χ0) is 23.9. The second kappa shape index (κ2) is 8.35. The normalized spacial score (nSPS) is 11.6. The number of fused-ring (bicyclic) bond motifs is 3. The summed E-state index contributed by atoms with van der Waals surface area (Å²) in [5.74, 6) is -0.300. The molecule has 5 rings (SSSR count). The van der Waals surface area contributed by atoms with Crippen molar-refractivity contribution in [1.29, 1.82) is 0 Å². The van der Waals surface area contributed by atoms with Crippen molar-refractivity contribution in [3.05, 3.63) is 102 Å². The Morgan fingerprint density at radius 3 is 2.29 bits per heavy atom. The Morgan fingerprint density at radius 1 is 0.794 bits per heavy atom. The predicted octanol–water partition coefficient (Wildman–Crippen LogP) is 6.26. The van der Waals surface area contributed by atoms with Gasteiger partial charge in [-0.1, -0.05) is 35.9 Å². The summed E-state index contributed by atoms with van der Waals surface area (Å²) in [6.45, 7) is 3.65. The van der Waals surface area contributed by atoms with Crippen molar-refractivity contribution in [1.82, 2.24) is 0 Å². The van der Waals surface area contributed by atoms with E-state index >= 15 is 0 Å². The number of furan rings is 1. The van der Waals surface area contributed by atoms with Crippen LogP contribution in [0.5, 0.6) is 0 Å². The van der Waals surface area contributed by atoms with Crippen LogP contribution in [0.1, 0.15) is 21.5 Å². The highest BCUT2D eigenvalue weighted by Crippen LogP contribution is 2.30. The minimum Gasteiger partial charge on any atom is -0.456 e. The topological polar surface area (TPSA) is 88.4 Å². The zero-order valence-electron chi connectivity index (χ0n) is 18.6. The van der Waals surface area contributed by atoms with Gasteiger partial charge in [0.05, 0.1) is 10.6 Å². The van der Waals surface area contributed by atoms with Gasteiger partial charge in [0.2, 0.25) is 0 Å². The zero-order valence-corrected chi connectivity index (χ0v) is 19.4. The quantitative estimate of drug-likeness (QED) is 0.317. The molecular weight excluding hydrogens is 448 g/mol. The van der Waals surface area contributed by atoms with Crippen LogP contribution >= 0.6 is 0 Å². The molecule has 1 heterocycles. The molecule has 0 aliphatic heterocycles. The van der Waals surface area contributed by atoms with E-state index in [4.69, 9.17) is 4.42 Å². The summed E-state index contributed by atoms with van der Waals surface area (Å²) in [5.41, 5.74) is 4.54. The average molecular weight is 471 g/mol. The second-order valence-corrected chi connectivity index (χ2v) is 9.89. The first-order valence-corrected chi connectivity index (χ1v) is 12.2. The number of sulfonamides is 1. The lowest BCUT2D eigenvalue weighted by atomic mass is 10.1. The lowest BCUT2D eigenvalue weighted by Crippen LogP contribution is -2.15. The number of anilines is 2. The van der Waals surface area contributed by atoms with E-state index in [-0.39, 0.29) is 10.8 Å². The van der Waals surface area contributed by atoms with Crippen molar-refractivity contribution in [3.8, 4) is 0 Å². The Morgan fingerprint density at radius 2 is 1.53 bits per heavy atom. The van der Waals surface area contributed by atoms with E-state index in [0.717, 1.165) is 21.9 Å². The standard InChI is InChI=1S/C27H22N2O4S/c1-17-7-11-21(12-8-17)34(31,32)29-24-14-9-19(15-18(24)2)27(30)28-20-10-13-23-22-5-3-4-6-25(22)33-26(23)16-20/h3-16,29H,1-2H3,(H,28,30). The molecule has 170 valence electrons. The molecule has 5 aromatic rings. The first-order chi connectivity index (χ1) is 16.3. The molecule has 0 unspecified atom stereocenters. The number of para-hydroxylation sites is 1. The lowest BCUT2D eigenvalue weighted by Gasteiger charge is -2.12. The van der Waals surface area contributed by atoms with Crippen LogP contribution in [0.25, 0.3) is 21.9 Å². The van der Waals surface area contributed by atoms with Gasteiger partial charge in [-0.25, -0.2) is 8.42 Å². The highest BCUT2D eigenvalue weighted by molar-refractivity contribution is 7.92. The highest BCUT2D eigenvalue weighted by Gasteiger charge is 2.16. The number of hydrogen-bond donors (Lipinski definition) is 2. The van der Waals surface area contributed by atoms with Crippen molar-refractivity contribution in [2.45, 2.75) is 18.7 Å². The Kier molecular flexibility index (Phi) is 5.34. The van der Waals surface area contributed by atoms with E-state index in [1.807, 2.05) is 43.3 Å². The molecule has 0 aliphatic rings. The third-order valence-corrected chi connectivity index (χ3v) is 7.08. The summed E-state index contributed by atoms with van der Waals surface area (Å²) in [6.07, 6.45) is 0. The van der Waals surface area contributed by atoms with E-state index in [1.165, 1.54) is 0 Å². The van der Waals surface area contributed by atoms with Crippen molar-refractivity contribution in [3.63, 3.8) is 0 Å². The fourth-order valence-electron chi connectivity index (χ4n) is 3.85. The van der Waals surface area contributed by atoms with Gasteiger partial charge in [0, 0.05) is 28.1 Å². The number of nitrogens with one attached hydrogen (secondary N) is 2. The fraction of sp³-hybridized carbons (Fsp3) is 0.0741. The van der Waals surface area contributed by atoms with Gasteiger partial charge in [0.25, 0.3) is 15.9 Å². The van der Waals surface area contributed by atoms with E-state index in [9.17, 15) is 13.2 Å². The van der Waals surface area contributed by atoms with Gasteiger partial charge in [-0.15, -0.1) is 0 Å². The van der Waals surface area contributed by atoms with Crippen molar-refractivity contribution in [2.75, 3.05) is 10.0 Å². The monoisotopic (exact) mass is 470 g/mol. The molecule has 0 aliphatic carbocycles. The second-order valence-electron chi connectivity index (χ2n) is 8.21. The van der Waals surface area contributed by atoms with Crippen LogP contribution in [0.2, 0.25) is 0 Å². The summed E-state index contributed by atoms with van der Waals surface area (Å²) in [5, 5.41) is 4.89. The summed E-state index contributed by atoms with van der Waals surface area (Å²) < 4.78 is 33.9. The van der Waals surface area contributed by atoms with Gasteiger partial charge in [0.15, 0.2) is 0 Å². The summed E-state index contributed by atoms with van der Waals surface area (Å²) in [7, 11) is -3.73. The molecule has 4 aromatic carbocycles. The van der Waals surface area contributed by atoms with Crippen molar-refractivity contribution in [2.24, 2.45) is 0 Å². The number of benzene rings is 4. The number of carbonyl (C=O) groups excluding carboxylic acids is 1. The highest BCUT2D eigenvalue weighted by atomic mass is 32.2. The maximum Gasteiger partial charge on any atom is 0.261 e. The van der Waals surface area contributed by atoms with Crippen LogP contribution in [-0.4, -0.2) is 14.3 Å². The largest absolute Gasteiger partial charge is 0.456 e. The first kappa shape index (κ1) is 21.7. The third kappa shape index (κ3) is 4.13. The molecule has 2 N–H and O–H groups in total. The number of aryl methyl sites for hydroxylation is 2. The molecule has 0 saturated heterocycles. The first-order valence-electron chi connectivity index (χ1n) is 10.7. The smallest absolute Gasteiger partial charge is 0.261 e. The Labute approximate surface area is 197 Å². The van der Waals surface area contributed by atoms with Gasteiger partial charge in [0.1, 0.15) is 11.2 Å². The van der Waals surface area contributed by atoms with Gasteiger partial charge < -0.3 is 9.73 Å². The average Bonchev–Trinajstić information content (AvgIpc) is 3.18. The number of hydrogen-bond acceptors (Lipinski definition) is 4. The number of amides is 1. The molecule has 7 heteroatoms. The van der Waals surface area contributed by atoms with Gasteiger partial charge in [-0.3, -0.25) is 9.52 Å². The van der Waals surface area contributed by atoms with E-state index in [1.54, 1.807) is 55.5 Å². The Bertz CT molecular complexity index is 1650. The molecule has 0 fully saturated rings. The SMILES string of the molecule is Cc1ccc(S(=O)(=O)Nc2ccc(C(=O)Nc3ccc4c(c3)oc3ccccc34)cc2C)cc1. The number of carbonyl (C=O) groups is 1. The molecule has 1 amide bonds. The van der Waals surface area contributed by atoms with Crippen molar-refractivity contribution >= 4 is 49.2 Å². The van der Waals surface area contributed by atoms with Gasteiger partial charge in [-0.05, 0) is 67.9 Å².